The maximum Gasteiger partial charge on any atom is 0.433 e. The van der Waals surface area contributed by atoms with E-state index in [9.17, 15) is 27.9 Å². The van der Waals surface area contributed by atoms with Gasteiger partial charge in [-0.25, -0.2) is 9.78 Å². The lowest BCUT2D eigenvalue weighted by atomic mass is 9.71. The smallest absolute Gasteiger partial charge is 0.433 e. The zero-order chi connectivity index (χ0) is 31.1. The van der Waals surface area contributed by atoms with Crippen LogP contribution < -0.4 is 10.1 Å². The quantitative estimate of drug-likeness (QED) is 0.360. The van der Waals surface area contributed by atoms with Crippen molar-refractivity contribution in [3.05, 3.63) is 47.9 Å². The lowest BCUT2D eigenvalue weighted by Gasteiger charge is -2.48. The highest BCUT2D eigenvalue weighted by Gasteiger charge is 2.40. The number of carboxylic acid groups (broad SMARTS) is 1. The number of anilines is 1. The number of methoxy groups -OCH3 is 1. The van der Waals surface area contributed by atoms with E-state index < -0.39 is 23.9 Å². The third kappa shape index (κ3) is 6.19. The number of pyridine rings is 1. The SMILES string of the molecule is COc1cc2nn(C3CCC(N4CCC5(CCN(C(=O)O)CC5)CC4)CC3)cc2cc1NC(=O)c1cccc(C(F)(F)F)n1. The van der Waals surface area contributed by atoms with E-state index in [0.717, 1.165) is 82.0 Å². The highest BCUT2D eigenvalue weighted by Crippen LogP contribution is 2.43. The van der Waals surface area contributed by atoms with Gasteiger partial charge in [-0.05, 0) is 88.1 Å². The number of rotatable bonds is 5. The summed E-state index contributed by atoms with van der Waals surface area (Å²) in [5.74, 6) is -0.419. The number of ether oxygens (including phenoxy) is 1. The molecular weight excluding hydrogens is 577 g/mol. The van der Waals surface area contributed by atoms with E-state index in [1.807, 2.05) is 10.9 Å². The van der Waals surface area contributed by atoms with E-state index in [4.69, 9.17) is 9.84 Å². The molecule has 236 valence electrons. The van der Waals surface area contributed by atoms with Gasteiger partial charge in [0, 0.05) is 36.8 Å². The van der Waals surface area contributed by atoms with Crippen LogP contribution in [0.25, 0.3) is 10.9 Å². The minimum absolute atomic E-state index is 0.244. The van der Waals surface area contributed by atoms with E-state index in [0.29, 0.717) is 36.1 Å². The summed E-state index contributed by atoms with van der Waals surface area (Å²) < 4.78 is 46.7. The van der Waals surface area contributed by atoms with Crippen molar-refractivity contribution in [1.82, 2.24) is 24.6 Å². The monoisotopic (exact) mass is 614 g/mol. The van der Waals surface area contributed by atoms with Gasteiger partial charge in [-0.15, -0.1) is 0 Å². The fraction of sp³-hybridized carbons (Fsp3) is 0.548. The molecular formula is C31H37F3N6O4. The van der Waals surface area contributed by atoms with E-state index in [-0.39, 0.29) is 17.2 Å². The Balaban J connectivity index is 1.07. The number of nitrogens with one attached hydrogen (secondary N) is 1. The molecule has 3 aromatic rings. The second-order valence-electron chi connectivity index (χ2n) is 12.3. The molecule has 2 aromatic heterocycles. The molecule has 2 saturated heterocycles. The number of piperidine rings is 2. The van der Waals surface area contributed by atoms with Crippen LogP contribution in [-0.2, 0) is 6.18 Å². The maximum absolute atomic E-state index is 13.1. The fourth-order valence-electron chi connectivity index (χ4n) is 7.15. The minimum atomic E-state index is -4.65. The van der Waals surface area contributed by atoms with Gasteiger partial charge >= 0.3 is 12.3 Å². The predicted octanol–water partition coefficient (Wildman–Crippen LogP) is 6.05. The Hall–Kier alpha value is -3.87. The second kappa shape index (κ2) is 11.9. The fourth-order valence-corrected chi connectivity index (χ4v) is 7.15. The number of carbonyl (C=O) groups excluding carboxylic acids is 1. The number of aromatic nitrogens is 3. The average molecular weight is 615 g/mol. The molecule has 2 N–H and O–H groups in total. The summed E-state index contributed by atoms with van der Waals surface area (Å²) in [6, 6.07) is 7.43. The molecule has 0 radical (unpaired) electrons. The zero-order valence-corrected chi connectivity index (χ0v) is 24.6. The van der Waals surface area contributed by atoms with Crippen molar-refractivity contribution in [2.24, 2.45) is 5.41 Å². The summed E-state index contributed by atoms with van der Waals surface area (Å²) in [5, 5.41) is 17.5. The van der Waals surface area contributed by atoms with Gasteiger partial charge in [0.1, 0.15) is 17.1 Å². The van der Waals surface area contributed by atoms with Crippen molar-refractivity contribution in [2.75, 3.05) is 38.6 Å². The Bertz CT molecular complexity index is 1520. The minimum Gasteiger partial charge on any atom is -0.494 e. The zero-order valence-electron chi connectivity index (χ0n) is 24.6. The second-order valence-corrected chi connectivity index (χ2v) is 12.3. The average Bonchev–Trinajstić information content (AvgIpc) is 3.44. The Kier molecular flexibility index (Phi) is 8.16. The van der Waals surface area contributed by atoms with Crippen molar-refractivity contribution < 1.29 is 32.6 Å². The Morgan fingerprint density at radius 2 is 1.66 bits per heavy atom. The number of hydrogen-bond acceptors (Lipinski definition) is 6. The lowest BCUT2D eigenvalue weighted by Crippen LogP contribution is -2.50. The Labute approximate surface area is 253 Å². The number of halogens is 3. The van der Waals surface area contributed by atoms with E-state index in [1.165, 1.54) is 13.2 Å². The van der Waals surface area contributed by atoms with Gasteiger partial charge in [-0.3, -0.25) is 9.48 Å². The third-order valence-corrected chi connectivity index (χ3v) is 9.87. The van der Waals surface area contributed by atoms with Crippen LogP contribution in [-0.4, -0.2) is 81.0 Å². The molecule has 10 nitrogen and oxygen atoms in total. The maximum atomic E-state index is 13.1. The number of likely N-dealkylation sites (tertiary alicyclic amines) is 2. The number of carbonyl (C=O) groups is 2. The Morgan fingerprint density at radius 3 is 2.30 bits per heavy atom. The van der Waals surface area contributed by atoms with Gasteiger partial charge < -0.3 is 25.0 Å². The van der Waals surface area contributed by atoms with E-state index in [1.54, 1.807) is 17.0 Å². The van der Waals surface area contributed by atoms with Crippen LogP contribution in [0.5, 0.6) is 5.75 Å². The number of amides is 2. The first-order chi connectivity index (χ1) is 21.0. The first-order valence-electron chi connectivity index (χ1n) is 15.2. The first kappa shape index (κ1) is 30.2. The molecule has 6 rings (SSSR count). The van der Waals surface area contributed by atoms with Crippen LogP contribution in [0.3, 0.4) is 0 Å². The van der Waals surface area contributed by atoms with Crippen LogP contribution in [0.2, 0.25) is 0 Å². The van der Waals surface area contributed by atoms with Gasteiger partial charge in [-0.1, -0.05) is 6.07 Å². The topological polar surface area (TPSA) is 113 Å². The van der Waals surface area contributed by atoms with Gasteiger partial charge in [0.2, 0.25) is 0 Å². The van der Waals surface area contributed by atoms with Crippen LogP contribution >= 0.6 is 0 Å². The lowest BCUT2D eigenvalue weighted by molar-refractivity contribution is -0.141. The van der Waals surface area contributed by atoms with Crippen LogP contribution in [0.15, 0.2) is 36.5 Å². The molecule has 0 bridgehead atoms. The highest BCUT2D eigenvalue weighted by molar-refractivity contribution is 6.05. The largest absolute Gasteiger partial charge is 0.494 e. The molecule has 44 heavy (non-hydrogen) atoms. The molecule has 1 saturated carbocycles. The molecule has 1 aromatic carbocycles. The molecule has 4 heterocycles. The molecule has 3 aliphatic rings. The molecule has 0 atom stereocenters. The van der Waals surface area contributed by atoms with Crippen LogP contribution in [0, 0.1) is 5.41 Å². The van der Waals surface area contributed by atoms with E-state index in [2.05, 4.69) is 15.2 Å². The van der Waals surface area contributed by atoms with E-state index >= 15 is 0 Å². The van der Waals surface area contributed by atoms with Gasteiger partial charge in [0.25, 0.3) is 5.91 Å². The standard InChI is InChI=1S/C31H37F3N6O4/c1-44-26-18-24-20(17-25(26)36-28(41)23-3-2-4-27(35-23)31(32,33)34)19-40(37-24)22-7-5-21(6-8-22)38-13-9-30(10-14-38)11-15-39(16-12-30)29(42)43/h2-4,17-19,21-22H,5-16H2,1H3,(H,36,41)(H,42,43). The van der Waals surface area contributed by atoms with Crippen molar-refractivity contribution in [3.63, 3.8) is 0 Å². The number of benzene rings is 1. The number of fused-ring (bicyclic) bond motifs is 1. The molecule has 3 fully saturated rings. The summed E-state index contributed by atoms with van der Waals surface area (Å²) in [6.07, 6.45) is 4.83. The van der Waals surface area contributed by atoms with Crippen molar-refractivity contribution in [3.8, 4) is 5.75 Å². The summed E-state index contributed by atoms with van der Waals surface area (Å²) in [5.41, 5.74) is -0.163. The van der Waals surface area contributed by atoms with Crippen LogP contribution in [0.4, 0.5) is 23.7 Å². The molecule has 1 spiro atoms. The predicted molar refractivity (Wildman–Crippen MR) is 157 cm³/mol. The van der Waals surface area contributed by atoms with Crippen LogP contribution in [0.1, 0.15) is 73.6 Å². The summed E-state index contributed by atoms with van der Waals surface area (Å²) in [7, 11) is 1.46. The number of nitrogens with zero attached hydrogens (tertiary/aromatic N) is 5. The van der Waals surface area contributed by atoms with Gasteiger partial charge in [0.15, 0.2) is 0 Å². The third-order valence-electron chi connectivity index (χ3n) is 9.87. The summed E-state index contributed by atoms with van der Waals surface area (Å²) in [6.45, 7) is 3.42. The van der Waals surface area contributed by atoms with Crippen molar-refractivity contribution >= 4 is 28.6 Å². The van der Waals surface area contributed by atoms with Gasteiger partial charge in [-0.2, -0.15) is 18.3 Å². The summed E-state index contributed by atoms with van der Waals surface area (Å²) in [4.78, 5) is 31.7. The number of hydrogen-bond donors (Lipinski definition) is 2. The molecule has 0 unspecified atom stereocenters. The van der Waals surface area contributed by atoms with Gasteiger partial charge in [0.05, 0.1) is 24.4 Å². The normalized spacial score (nSPS) is 22.7. The van der Waals surface area contributed by atoms with Crippen molar-refractivity contribution in [2.45, 2.75) is 69.6 Å². The molecule has 2 amide bonds. The number of alkyl halides is 3. The molecule has 13 heteroatoms. The van der Waals surface area contributed by atoms with Crippen molar-refractivity contribution in [1.29, 1.82) is 0 Å². The summed E-state index contributed by atoms with van der Waals surface area (Å²) >= 11 is 0. The molecule has 1 aliphatic carbocycles. The first-order valence-corrected chi connectivity index (χ1v) is 15.2. The highest BCUT2D eigenvalue weighted by atomic mass is 19.4. The molecule has 2 aliphatic heterocycles. The Morgan fingerprint density at radius 1 is 1.00 bits per heavy atom.